The summed E-state index contributed by atoms with van der Waals surface area (Å²) in [6.07, 6.45) is 67.8. The molecule has 8 nitrogen and oxygen atoms in total. The second kappa shape index (κ2) is 52.6. The Morgan fingerprint density at radius 2 is 0.814 bits per heavy atom. The molecule has 0 fully saturated rings. The van der Waals surface area contributed by atoms with Gasteiger partial charge in [-0.1, -0.05) is 275 Å². The summed E-state index contributed by atoms with van der Waals surface area (Å²) in [4.78, 5) is 23.3. The molecule has 0 aliphatic rings. The van der Waals surface area contributed by atoms with Gasteiger partial charge in [0.15, 0.2) is 0 Å². The van der Waals surface area contributed by atoms with Crippen molar-refractivity contribution in [3.8, 4) is 0 Å². The van der Waals surface area contributed by atoms with Gasteiger partial charge in [-0.05, 0) is 51.4 Å². The average molecular weight is 1010 g/mol. The van der Waals surface area contributed by atoms with E-state index in [-0.39, 0.29) is 19.1 Å². The van der Waals surface area contributed by atoms with E-state index in [1.807, 2.05) is 21.1 Å². The van der Waals surface area contributed by atoms with Crippen LogP contribution in [0, 0.1) is 0 Å². The molecule has 0 radical (unpaired) electrons. The van der Waals surface area contributed by atoms with Crippen LogP contribution in [-0.4, -0.2) is 73.4 Å². The third-order valence-corrected chi connectivity index (χ3v) is 14.9. The molecule has 70 heavy (non-hydrogen) atoms. The van der Waals surface area contributed by atoms with Gasteiger partial charge in [0.25, 0.3) is 0 Å². The number of phosphoric acid groups is 1. The molecule has 0 aromatic heterocycles. The van der Waals surface area contributed by atoms with Crippen LogP contribution in [0.1, 0.15) is 296 Å². The number of hydrogen-bond acceptors (Lipinski definition) is 5. The summed E-state index contributed by atoms with van der Waals surface area (Å²) >= 11 is 0. The van der Waals surface area contributed by atoms with E-state index in [4.69, 9.17) is 9.05 Å². The molecular formula is C61H120N2O6P+. The van der Waals surface area contributed by atoms with Crippen molar-refractivity contribution in [1.29, 1.82) is 0 Å². The van der Waals surface area contributed by atoms with Crippen molar-refractivity contribution in [3.63, 3.8) is 0 Å². The van der Waals surface area contributed by atoms with E-state index in [2.05, 4.69) is 55.6 Å². The first-order chi connectivity index (χ1) is 34.0. The van der Waals surface area contributed by atoms with Crippen LogP contribution in [0.3, 0.4) is 0 Å². The Morgan fingerprint density at radius 3 is 1.19 bits per heavy atom. The fourth-order valence-electron chi connectivity index (χ4n) is 9.12. The number of carbonyl (C=O) groups is 1. The lowest BCUT2D eigenvalue weighted by molar-refractivity contribution is -0.870. The maximum absolute atomic E-state index is 13.0. The Bertz CT molecular complexity index is 1230. The fourth-order valence-corrected chi connectivity index (χ4v) is 9.85. The van der Waals surface area contributed by atoms with Crippen LogP contribution in [0.5, 0.6) is 0 Å². The van der Waals surface area contributed by atoms with E-state index in [9.17, 15) is 19.4 Å². The summed E-state index contributed by atoms with van der Waals surface area (Å²) in [5.41, 5.74) is 0. The number of phosphoric ester groups is 1. The third-order valence-electron chi connectivity index (χ3n) is 13.9. The molecular weight excluding hydrogens is 888 g/mol. The van der Waals surface area contributed by atoms with Gasteiger partial charge in [-0.25, -0.2) is 4.57 Å². The number of rotatable bonds is 56. The summed E-state index contributed by atoms with van der Waals surface area (Å²) in [5, 5.41) is 14.1. The molecule has 3 atom stereocenters. The van der Waals surface area contributed by atoms with Gasteiger partial charge < -0.3 is 19.8 Å². The van der Waals surface area contributed by atoms with Gasteiger partial charge in [-0.2, -0.15) is 0 Å². The van der Waals surface area contributed by atoms with Crippen molar-refractivity contribution in [2.45, 2.75) is 309 Å². The Kier molecular flexibility index (Phi) is 51.6. The Hall–Kier alpha value is -1.28. The Labute approximate surface area is 436 Å². The minimum Gasteiger partial charge on any atom is -0.391 e. The number of unbranched alkanes of at least 4 members (excludes halogenated alkanes) is 37. The second-order valence-corrected chi connectivity index (χ2v) is 23.5. The fraction of sp³-hybridized carbons (Fsp3) is 0.885. The first kappa shape index (κ1) is 68.7. The van der Waals surface area contributed by atoms with E-state index < -0.39 is 20.0 Å². The van der Waals surface area contributed by atoms with E-state index in [0.717, 1.165) is 51.4 Å². The molecule has 0 heterocycles. The maximum atomic E-state index is 13.0. The highest BCUT2D eigenvalue weighted by Gasteiger charge is 2.28. The number of nitrogens with zero attached hydrogens (tertiary/aromatic N) is 1. The lowest BCUT2D eigenvalue weighted by Gasteiger charge is -2.26. The number of aliphatic hydroxyl groups is 1. The van der Waals surface area contributed by atoms with Crippen LogP contribution in [0.4, 0.5) is 0 Å². The monoisotopic (exact) mass is 1010 g/mol. The lowest BCUT2D eigenvalue weighted by atomic mass is 10.0. The van der Waals surface area contributed by atoms with Crippen molar-refractivity contribution >= 4 is 13.7 Å². The lowest BCUT2D eigenvalue weighted by Crippen LogP contribution is -2.46. The van der Waals surface area contributed by atoms with Crippen molar-refractivity contribution < 1.29 is 32.9 Å². The maximum Gasteiger partial charge on any atom is 0.472 e. The Morgan fingerprint density at radius 1 is 0.486 bits per heavy atom. The number of quaternary nitrogens is 1. The van der Waals surface area contributed by atoms with Crippen LogP contribution < -0.4 is 5.32 Å². The molecule has 1 amide bonds. The van der Waals surface area contributed by atoms with Gasteiger partial charge in [0.05, 0.1) is 39.9 Å². The predicted octanol–water partition coefficient (Wildman–Crippen LogP) is 18.5. The molecule has 0 aliphatic heterocycles. The van der Waals surface area contributed by atoms with Gasteiger partial charge >= 0.3 is 7.82 Å². The molecule has 0 bridgehead atoms. The minimum atomic E-state index is -4.32. The van der Waals surface area contributed by atoms with Crippen LogP contribution in [0.25, 0.3) is 0 Å². The summed E-state index contributed by atoms with van der Waals surface area (Å²) in [6, 6.07) is -0.759. The number of hydrogen-bond donors (Lipinski definition) is 3. The van der Waals surface area contributed by atoms with Crippen molar-refractivity contribution in [1.82, 2.24) is 5.32 Å². The number of nitrogens with one attached hydrogen (secondary N) is 1. The largest absolute Gasteiger partial charge is 0.472 e. The standard InChI is InChI=1S/C61H119N2O6P/c1-6-8-10-12-14-16-18-20-22-23-24-25-26-27-28-29-30-31-32-33-34-35-36-37-38-39-41-43-45-47-49-51-53-55-61(65)62-59(58-69-70(66,67)68-57-56-63(3,4)5)60(64)54-52-50-48-46-44-42-40-21-19-17-15-13-11-9-7-2/h18,20,23-24,26-27,59-60,64H,6-17,19,21-22,25,28-58H2,1-5H3,(H-,62,65,66,67)/p+1/b20-18-,24-23-,27-26-. The zero-order valence-electron chi connectivity index (χ0n) is 47.3. The second-order valence-electron chi connectivity index (χ2n) is 22.1. The number of amides is 1. The van der Waals surface area contributed by atoms with Gasteiger partial charge in [-0.3, -0.25) is 13.8 Å². The van der Waals surface area contributed by atoms with Gasteiger partial charge in [0.1, 0.15) is 13.2 Å². The molecule has 0 aromatic carbocycles. The first-order valence-corrected chi connectivity index (χ1v) is 31.8. The normalized spacial score (nSPS) is 14.1. The average Bonchev–Trinajstić information content (AvgIpc) is 3.32. The molecule has 414 valence electrons. The molecule has 9 heteroatoms. The zero-order chi connectivity index (χ0) is 51.3. The van der Waals surface area contributed by atoms with E-state index in [1.165, 1.54) is 218 Å². The summed E-state index contributed by atoms with van der Waals surface area (Å²) in [6.45, 7) is 4.91. The Balaban J connectivity index is 4.00. The molecule has 0 saturated carbocycles. The van der Waals surface area contributed by atoms with Crippen LogP contribution >= 0.6 is 7.82 Å². The van der Waals surface area contributed by atoms with Gasteiger partial charge in [0.2, 0.25) is 5.91 Å². The number of likely N-dealkylation sites (N-methyl/N-ethyl adjacent to an activating group) is 1. The quantitative estimate of drug-likeness (QED) is 0.0243. The van der Waals surface area contributed by atoms with E-state index in [0.29, 0.717) is 23.9 Å². The molecule has 0 spiro atoms. The molecule has 3 N–H and O–H groups in total. The minimum absolute atomic E-state index is 0.0762. The molecule has 0 saturated heterocycles. The highest BCUT2D eigenvalue weighted by atomic mass is 31.2. The van der Waals surface area contributed by atoms with Crippen LogP contribution in [0.15, 0.2) is 36.5 Å². The summed E-state index contributed by atoms with van der Waals surface area (Å²) in [7, 11) is 1.63. The zero-order valence-corrected chi connectivity index (χ0v) is 48.2. The van der Waals surface area contributed by atoms with E-state index in [1.54, 1.807) is 0 Å². The SMILES string of the molecule is CCCCCCC/C=C\C/C=C\C/C=C\CCCCCCCCCCCCCCCCCCCCC(=O)NC(COP(=O)(O)OCC[N+](C)(C)C)C(O)CCCCCCCCCCCCCCCCC. The van der Waals surface area contributed by atoms with Gasteiger partial charge in [0, 0.05) is 6.42 Å². The van der Waals surface area contributed by atoms with Crippen LogP contribution in [-0.2, 0) is 18.4 Å². The van der Waals surface area contributed by atoms with E-state index >= 15 is 0 Å². The molecule has 0 rings (SSSR count). The van der Waals surface area contributed by atoms with Crippen LogP contribution in [0.2, 0.25) is 0 Å². The first-order valence-electron chi connectivity index (χ1n) is 30.4. The molecule has 0 aromatic rings. The molecule has 3 unspecified atom stereocenters. The topological polar surface area (TPSA) is 105 Å². The number of allylic oxidation sites excluding steroid dienone is 6. The molecule has 0 aliphatic carbocycles. The van der Waals surface area contributed by atoms with Crippen molar-refractivity contribution in [2.24, 2.45) is 0 Å². The van der Waals surface area contributed by atoms with Crippen molar-refractivity contribution in [2.75, 3.05) is 40.9 Å². The summed E-state index contributed by atoms with van der Waals surface area (Å²) < 4.78 is 23.8. The summed E-state index contributed by atoms with van der Waals surface area (Å²) in [5.74, 6) is -0.140. The number of carbonyl (C=O) groups excluding carboxylic acids is 1. The highest BCUT2D eigenvalue weighted by molar-refractivity contribution is 7.47. The van der Waals surface area contributed by atoms with Crippen molar-refractivity contribution in [3.05, 3.63) is 36.5 Å². The van der Waals surface area contributed by atoms with Gasteiger partial charge in [-0.15, -0.1) is 0 Å². The smallest absolute Gasteiger partial charge is 0.391 e. The predicted molar refractivity (Wildman–Crippen MR) is 304 cm³/mol. The third kappa shape index (κ3) is 54.5. The number of aliphatic hydroxyl groups excluding tert-OH is 1. The highest BCUT2D eigenvalue weighted by Crippen LogP contribution is 2.43.